The number of thioether (sulfide) groups is 2. The second kappa shape index (κ2) is 13.7. The molecule has 6 nitrogen and oxygen atoms in total. The Kier molecular flexibility index (Phi) is 10.1. The van der Waals surface area contributed by atoms with Gasteiger partial charge in [0.25, 0.3) is 5.01 Å². The molecule has 0 amide bonds. The van der Waals surface area contributed by atoms with Crippen LogP contribution in [0.2, 0.25) is 0 Å². The number of aromatic nitrogens is 1. The summed E-state index contributed by atoms with van der Waals surface area (Å²) in [6, 6.07) is 10.4. The van der Waals surface area contributed by atoms with Crippen LogP contribution in [0.15, 0.2) is 86.5 Å². The average molecular weight is 630 g/mol. The molecule has 1 atom stereocenters. The number of benzene rings is 2. The van der Waals surface area contributed by atoms with Gasteiger partial charge in [-0.25, -0.2) is 0 Å². The van der Waals surface area contributed by atoms with Gasteiger partial charge in [-0.05, 0) is 47.9 Å². The third-order valence-electron chi connectivity index (χ3n) is 6.34. The summed E-state index contributed by atoms with van der Waals surface area (Å²) in [6.45, 7) is 1.65. The minimum absolute atomic E-state index is 0.105. The summed E-state index contributed by atoms with van der Waals surface area (Å²) >= 11 is 5.27. The first kappa shape index (κ1) is 29.4. The lowest BCUT2D eigenvalue weighted by atomic mass is 10.2. The summed E-state index contributed by atoms with van der Waals surface area (Å²) in [6.07, 6.45) is 17.1. The highest BCUT2D eigenvalue weighted by atomic mass is 32.2. The molecule has 3 aromatic rings. The molecule has 3 heterocycles. The standard InChI is InChI=1S/C29H28N2O4S5/c1-35-39-20-10-11-23-22(18-20)30(16-17-36-19-28(32)33)26(37-23)8-6-4-3-5-7-9-27-31-15-14-21-25(40(2)34)13-12-24(38-27)29(21)31/h3-13,18H,14-17,19H2,1-2H3/p+1. The number of aryl methyl sites for hydroxylation is 1. The molecule has 0 spiro atoms. The van der Waals surface area contributed by atoms with E-state index in [0.29, 0.717) is 0 Å². The molecule has 0 fully saturated rings. The van der Waals surface area contributed by atoms with Crippen LogP contribution >= 0.6 is 46.9 Å². The van der Waals surface area contributed by atoms with Gasteiger partial charge in [-0.3, -0.25) is 4.79 Å². The maximum Gasteiger partial charge on any atom is 0.313 e. The lowest BCUT2D eigenvalue weighted by molar-refractivity contribution is -0.664. The number of hydrogen-bond acceptors (Lipinski definition) is 8. The molecule has 0 bridgehead atoms. The van der Waals surface area contributed by atoms with E-state index in [9.17, 15) is 9.35 Å². The molecule has 1 unspecified atom stereocenters. The Morgan fingerprint density at radius 1 is 1.23 bits per heavy atom. The van der Waals surface area contributed by atoms with Gasteiger partial charge in [-0.2, -0.15) is 4.57 Å². The number of thiazole rings is 1. The summed E-state index contributed by atoms with van der Waals surface area (Å²) in [5.41, 5.74) is 3.59. The molecule has 40 heavy (non-hydrogen) atoms. The lowest BCUT2D eigenvalue weighted by Gasteiger charge is -2.13. The Hall–Kier alpha value is -2.12. The van der Waals surface area contributed by atoms with E-state index in [1.54, 1.807) is 36.5 Å². The number of hydrogen-bond donors (Lipinski definition) is 1. The van der Waals surface area contributed by atoms with Crippen molar-refractivity contribution in [3.05, 3.63) is 82.4 Å². The van der Waals surface area contributed by atoms with E-state index in [-0.39, 0.29) is 5.75 Å². The van der Waals surface area contributed by atoms with Crippen LogP contribution < -0.4 is 9.47 Å². The van der Waals surface area contributed by atoms with E-state index in [2.05, 4.69) is 52.0 Å². The Balaban J connectivity index is 1.26. The molecule has 1 N–H and O–H groups in total. The number of fused-ring (bicyclic) bond motifs is 1. The average Bonchev–Trinajstić information content (AvgIpc) is 3.62. The molecule has 5 rings (SSSR count). The van der Waals surface area contributed by atoms with Crippen LogP contribution in [0.25, 0.3) is 16.3 Å². The van der Waals surface area contributed by atoms with E-state index >= 15 is 0 Å². The van der Waals surface area contributed by atoms with Crippen molar-refractivity contribution < 1.29 is 23.2 Å². The number of carboxylic acids is 1. The Labute approximate surface area is 254 Å². The Morgan fingerprint density at radius 2 is 2.05 bits per heavy atom. The molecule has 0 saturated heterocycles. The minimum Gasteiger partial charge on any atom is -0.612 e. The summed E-state index contributed by atoms with van der Waals surface area (Å²) in [5, 5.41) is 11.3. The van der Waals surface area contributed by atoms with Crippen LogP contribution in [0.1, 0.15) is 10.6 Å². The molecule has 0 radical (unpaired) electrons. The van der Waals surface area contributed by atoms with E-state index in [1.807, 2.05) is 30.4 Å². The number of anilines is 1. The zero-order valence-corrected chi connectivity index (χ0v) is 26.2. The molecule has 1 aromatic heterocycles. The van der Waals surface area contributed by atoms with Gasteiger partial charge in [0.15, 0.2) is 11.4 Å². The molecule has 2 aliphatic heterocycles. The van der Waals surface area contributed by atoms with Crippen molar-refractivity contribution >= 4 is 86.0 Å². The maximum absolute atomic E-state index is 12.1. The fraction of sp³-hybridized carbons (Fsp3) is 0.241. The van der Waals surface area contributed by atoms with Gasteiger partial charge in [-0.1, -0.05) is 53.5 Å². The zero-order chi connectivity index (χ0) is 28.1. The van der Waals surface area contributed by atoms with E-state index in [0.717, 1.165) is 45.6 Å². The van der Waals surface area contributed by atoms with E-state index in [1.165, 1.54) is 49.7 Å². The summed E-state index contributed by atoms with van der Waals surface area (Å²) in [5.74, 6) is 0.0346. The van der Waals surface area contributed by atoms with Crippen molar-refractivity contribution in [3.63, 3.8) is 0 Å². The third kappa shape index (κ3) is 6.67. The first-order valence-corrected chi connectivity index (χ1v) is 17.7. The predicted molar refractivity (Wildman–Crippen MR) is 171 cm³/mol. The van der Waals surface area contributed by atoms with Crippen molar-refractivity contribution in [3.8, 4) is 0 Å². The van der Waals surface area contributed by atoms with Crippen LogP contribution in [-0.2, 0) is 33.1 Å². The molecular formula is C29H29N2O4S5+. The van der Waals surface area contributed by atoms with Crippen molar-refractivity contribution in [1.29, 1.82) is 0 Å². The number of allylic oxidation sites excluding steroid dienone is 6. The van der Waals surface area contributed by atoms with Gasteiger partial charge in [0.1, 0.15) is 11.0 Å². The number of carbonyl (C=O) groups is 1. The summed E-state index contributed by atoms with van der Waals surface area (Å²) in [4.78, 5) is 16.5. The van der Waals surface area contributed by atoms with Gasteiger partial charge in [-0.15, -0.1) is 11.8 Å². The largest absolute Gasteiger partial charge is 0.612 e. The molecule has 2 aliphatic rings. The highest BCUT2D eigenvalue weighted by Crippen LogP contribution is 2.52. The summed E-state index contributed by atoms with van der Waals surface area (Å²) < 4.78 is 20.8. The van der Waals surface area contributed by atoms with Crippen LogP contribution in [0.3, 0.4) is 0 Å². The van der Waals surface area contributed by atoms with Crippen LogP contribution in [0, 0.1) is 0 Å². The monoisotopic (exact) mass is 629 g/mol. The first-order chi connectivity index (χ1) is 19.5. The van der Waals surface area contributed by atoms with Crippen LogP contribution in [0.5, 0.6) is 0 Å². The van der Waals surface area contributed by atoms with Crippen molar-refractivity contribution in [2.24, 2.45) is 0 Å². The van der Waals surface area contributed by atoms with Crippen molar-refractivity contribution in [1.82, 2.24) is 0 Å². The van der Waals surface area contributed by atoms with Crippen molar-refractivity contribution in [2.45, 2.75) is 27.7 Å². The molecule has 2 aromatic carbocycles. The predicted octanol–water partition coefficient (Wildman–Crippen LogP) is 6.53. The van der Waals surface area contributed by atoms with E-state index in [4.69, 9.17) is 9.29 Å². The normalized spacial score (nSPS) is 16.5. The van der Waals surface area contributed by atoms with Gasteiger partial charge >= 0.3 is 5.97 Å². The third-order valence-corrected chi connectivity index (χ3v) is 11.1. The SMILES string of the molecule is COSc1ccc2sc(/C=C/C=C/C=C/C=C3\Sc4ccc([S+](C)[O-])c5c4N3CC5)[n+](CCSCC(=O)O)c2c1. The molecule has 11 heteroatoms. The Bertz CT molecular complexity index is 1530. The first-order valence-electron chi connectivity index (χ1n) is 12.6. The highest BCUT2D eigenvalue weighted by molar-refractivity contribution is 8.03. The maximum atomic E-state index is 12.1. The summed E-state index contributed by atoms with van der Waals surface area (Å²) in [7, 11) is 1.66. The molecule has 0 saturated carbocycles. The quantitative estimate of drug-likeness (QED) is 0.0797. The van der Waals surface area contributed by atoms with Gasteiger partial charge in [0, 0.05) is 46.1 Å². The second-order valence-corrected chi connectivity index (χ2v) is 14.4. The minimum atomic E-state index is -0.968. The van der Waals surface area contributed by atoms with Crippen molar-refractivity contribution in [2.75, 3.05) is 36.3 Å². The smallest absolute Gasteiger partial charge is 0.313 e. The number of aliphatic carboxylic acids is 1. The van der Waals surface area contributed by atoms with Gasteiger partial charge in [0.05, 0.1) is 29.3 Å². The molecule has 208 valence electrons. The molecular weight excluding hydrogens is 601 g/mol. The zero-order valence-electron chi connectivity index (χ0n) is 22.1. The second-order valence-electron chi connectivity index (χ2n) is 8.90. The van der Waals surface area contributed by atoms with Crippen LogP contribution in [0.4, 0.5) is 5.69 Å². The van der Waals surface area contributed by atoms with Gasteiger partial charge in [0.2, 0.25) is 5.52 Å². The Morgan fingerprint density at radius 3 is 2.85 bits per heavy atom. The van der Waals surface area contributed by atoms with E-state index < -0.39 is 17.1 Å². The highest BCUT2D eigenvalue weighted by Gasteiger charge is 2.35. The number of rotatable bonds is 12. The lowest BCUT2D eigenvalue weighted by Crippen LogP contribution is -2.36. The topological polar surface area (TPSA) is 76.7 Å². The van der Waals surface area contributed by atoms with Crippen LogP contribution in [-0.4, -0.2) is 47.0 Å². The number of carboxylic acid groups (broad SMARTS) is 1. The van der Waals surface area contributed by atoms with Gasteiger partial charge < -0.3 is 18.7 Å². The fourth-order valence-electron chi connectivity index (χ4n) is 4.70. The molecule has 0 aliphatic carbocycles. The fourth-order valence-corrected chi connectivity index (χ4v) is 8.82. The number of nitrogens with zero attached hydrogens (tertiary/aromatic N) is 2.